The van der Waals surface area contributed by atoms with E-state index in [9.17, 15) is 14.4 Å². The van der Waals surface area contributed by atoms with Crippen LogP contribution >= 0.6 is 0 Å². The molecule has 0 unspecified atom stereocenters. The Balaban J connectivity index is 5.48. The molecule has 0 heterocycles. The van der Waals surface area contributed by atoms with Crippen molar-refractivity contribution in [3.8, 4) is 0 Å². The second-order valence-electron chi connectivity index (χ2n) is 5.47. The van der Waals surface area contributed by atoms with E-state index < -0.39 is 14.6 Å². The van der Waals surface area contributed by atoms with E-state index in [1.54, 1.807) is 0 Å². The van der Waals surface area contributed by atoms with Gasteiger partial charge < -0.3 is 18.8 Å². The summed E-state index contributed by atoms with van der Waals surface area (Å²) in [5, 5.41) is 0. The molecule has 0 amide bonds. The van der Waals surface area contributed by atoms with Gasteiger partial charge in [0.15, 0.2) is 0 Å². The van der Waals surface area contributed by atoms with E-state index >= 15 is 0 Å². The van der Waals surface area contributed by atoms with Gasteiger partial charge in [-0.1, -0.05) is 47.5 Å². The fourth-order valence-corrected chi connectivity index (χ4v) is 4.53. The molecule has 0 bridgehead atoms. The van der Waals surface area contributed by atoms with Crippen molar-refractivity contribution < 1.29 is 18.8 Å². The molecule has 0 atom stereocenters. The first-order valence-corrected chi connectivity index (χ1v) is 9.38. The summed E-state index contributed by atoms with van der Waals surface area (Å²) in [5.74, 6) is 0. The summed E-state index contributed by atoms with van der Waals surface area (Å²) >= 11 is 0. The van der Waals surface area contributed by atoms with E-state index in [-0.39, 0.29) is 5.41 Å². The van der Waals surface area contributed by atoms with Gasteiger partial charge in [-0.3, -0.25) is 0 Å². The molecule has 0 aliphatic heterocycles. The van der Waals surface area contributed by atoms with Gasteiger partial charge in [-0.15, -0.1) is 0 Å². The molecule has 0 spiro atoms. The zero-order valence-corrected chi connectivity index (χ0v) is 14.2. The predicted molar refractivity (Wildman–Crippen MR) is 79.3 cm³/mol. The highest BCUT2D eigenvalue weighted by atomic mass is 28.4. The molecular weight excluding hydrogens is 260 g/mol. The summed E-state index contributed by atoms with van der Waals surface area (Å²) in [7, 11) is -4.52. The maximum Gasteiger partial charge on any atom is 0.671 e. The summed E-state index contributed by atoms with van der Waals surface area (Å²) < 4.78 is 5.47. The lowest BCUT2D eigenvalue weighted by molar-refractivity contribution is -0.134. The molecule has 0 rings (SSSR count). The quantitative estimate of drug-likeness (QED) is 0.541. The molecule has 19 heavy (non-hydrogen) atoms. The van der Waals surface area contributed by atoms with Crippen LogP contribution in [0.4, 0.5) is 0 Å². The lowest BCUT2D eigenvalue weighted by atomic mass is 9.63. The average molecular weight is 292 g/mol. The molecule has 4 nitrogen and oxygen atoms in total. The molecule has 0 radical (unpaired) electrons. The second-order valence-corrected chi connectivity index (χ2v) is 6.82. The molecule has 0 aliphatic carbocycles. The molecular formula is C14H32O4Si. The van der Waals surface area contributed by atoms with Gasteiger partial charge in [-0.2, -0.15) is 0 Å². The highest BCUT2D eigenvalue weighted by Gasteiger charge is 2.52. The summed E-state index contributed by atoms with van der Waals surface area (Å²) in [6.07, 6.45) is 6.35. The Kier molecular flexibility index (Phi) is 7.76. The smallest absolute Gasteiger partial charge is 0.368 e. The van der Waals surface area contributed by atoms with Gasteiger partial charge in [0, 0.05) is 0 Å². The number of hydrogen-bond acceptors (Lipinski definition) is 4. The minimum Gasteiger partial charge on any atom is -0.368 e. The highest BCUT2D eigenvalue weighted by molar-refractivity contribution is 6.48. The van der Waals surface area contributed by atoms with E-state index in [4.69, 9.17) is 4.43 Å². The molecule has 0 saturated heterocycles. The first-order chi connectivity index (χ1) is 8.76. The van der Waals surface area contributed by atoms with Crippen molar-refractivity contribution in [3.63, 3.8) is 0 Å². The minimum absolute atomic E-state index is 0.112. The van der Waals surface area contributed by atoms with Crippen molar-refractivity contribution >= 4 is 9.05 Å². The Morgan fingerprint density at radius 1 is 0.842 bits per heavy atom. The SMILES string of the molecule is CCCCC(CC)(CC)C(CC)(CC)O[Si](O)(O)O. The third kappa shape index (κ3) is 4.53. The lowest BCUT2D eigenvalue weighted by Crippen LogP contribution is -2.57. The molecule has 3 N–H and O–H groups in total. The Morgan fingerprint density at radius 2 is 1.32 bits per heavy atom. The Hall–Kier alpha value is 0.0569. The molecule has 0 aromatic heterocycles. The highest BCUT2D eigenvalue weighted by Crippen LogP contribution is 2.49. The molecule has 5 heteroatoms. The molecule has 0 aromatic rings. The number of hydrogen-bond donors (Lipinski definition) is 3. The van der Waals surface area contributed by atoms with E-state index in [2.05, 4.69) is 20.8 Å². The van der Waals surface area contributed by atoms with Gasteiger partial charge in [-0.05, 0) is 37.5 Å². The summed E-state index contributed by atoms with van der Waals surface area (Å²) in [5.41, 5.74) is -0.769. The van der Waals surface area contributed by atoms with Crippen LogP contribution in [0, 0.1) is 5.41 Å². The van der Waals surface area contributed by atoms with Crippen molar-refractivity contribution in [2.75, 3.05) is 0 Å². The van der Waals surface area contributed by atoms with Crippen LogP contribution in [0.2, 0.25) is 0 Å². The molecule has 116 valence electrons. The topological polar surface area (TPSA) is 69.9 Å². The monoisotopic (exact) mass is 292 g/mol. The molecule has 0 aromatic carbocycles. The summed E-state index contributed by atoms with van der Waals surface area (Å²) in [4.78, 5) is 28.3. The van der Waals surface area contributed by atoms with Crippen molar-refractivity contribution in [3.05, 3.63) is 0 Å². The van der Waals surface area contributed by atoms with Gasteiger partial charge in [0.2, 0.25) is 0 Å². The van der Waals surface area contributed by atoms with Gasteiger partial charge in [0.05, 0.1) is 5.60 Å². The standard InChI is InChI=1S/C14H32O4Si/c1-6-11-12-13(7-2,8-3)14(9-4,10-5)18-19(15,16)17/h15-17H,6-12H2,1-5H3. The van der Waals surface area contributed by atoms with Crippen molar-refractivity contribution in [2.24, 2.45) is 5.41 Å². The third-order valence-electron chi connectivity index (χ3n) is 4.80. The maximum absolute atomic E-state index is 9.42. The maximum atomic E-state index is 9.42. The molecule has 0 aliphatic rings. The van der Waals surface area contributed by atoms with E-state index in [1.807, 2.05) is 13.8 Å². The Labute approximate surface area is 119 Å². The largest absolute Gasteiger partial charge is 0.671 e. The number of unbranched alkanes of at least 4 members (excludes halogenated alkanes) is 1. The van der Waals surface area contributed by atoms with Crippen LogP contribution in [0.15, 0.2) is 0 Å². The van der Waals surface area contributed by atoms with Crippen LogP contribution < -0.4 is 0 Å². The lowest BCUT2D eigenvalue weighted by Gasteiger charge is -2.51. The van der Waals surface area contributed by atoms with Crippen LogP contribution in [-0.4, -0.2) is 29.0 Å². The van der Waals surface area contributed by atoms with Crippen molar-refractivity contribution in [1.29, 1.82) is 0 Å². The predicted octanol–water partition coefficient (Wildman–Crippen LogP) is 2.97. The molecule has 0 fully saturated rings. The van der Waals surface area contributed by atoms with Gasteiger partial charge >= 0.3 is 9.05 Å². The first-order valence-electron chi connectivity index (χ1n) is 7.63. The van der Waals surface area contributed by atoms with Crippen LogP contribution in [0.5, 0.6) is 0 Å². The average Bonchev–Trinajstić information content (AvgIpc) is 2.37. The normalized spacial score (nSPS) is 13.9. The van der Waals surface area contributed by atoms with Crippen LogP contribution in [0.3, 0.4) is 0 Å². The Morgan fingerprint density at radius 3 is 1.58 bits per heavy atom. The molecule has 0 saturated carbocycles. The van der Waals surface area contributed by atoms with Crippen molar-refractivity contribution in [1.82, 2.24) is 0 Å². The van der Waals surface area contributed by atoms with Crippen molar-refractivity contribution in [2.45, 2.75) is 85.2 Å². The van der Waals surface area contributed by atoms with Crippen LogP contribution in [-0.2, 0) is 4.43 Å². The minimum atomic E-state index is -4.52. The Bertz CT molecular complexity index is 242. The van der Waals surface area contributed by atoms with Gasteiger partial charge in [-0.25, -0.2) is 0 Å². The first kappa shape index (κ1) is 19.1. The van der Waals surface area contributed by atoms with Gasteiger partial charge in [0.1, 0.15) is 0 Å². The number of rotatable bonds is 10. The van der Waals surface area contributed by atoms with Gasteiger partial charge in [0.25, 0.3) is 0 Å². The summed E-state index contributed by atoms with van der Waals surface area (Å²) in [6, 6.07) is 0. The second kappa shape index (κ2) is 7.74. The third-order valence-corrected chi connectivity index (χ3v) is 5.47. The van der Waals surface area contributed by atoms with E-state index in [1.165, 1.54) is 0 Å². The van der Waals surface area contributed by atoms with Crippen LogP contribution in [0.1, 0.15) is 79.6 Å². The van der Waals surface area contributed by atoms with Crippen LogP contribution in [0.25, 0.3) is 0 Å². The zero-order chi connectivity index (χ0) is 15.2. The fraction of sp³-hybridized carbons (Fsp3) is 1.00. The fourth-order valence-electron chi connectivity index (χ4n) is 3.51. The van der Waals surface area contributed by atoms with E-state index in [0.717, 1.165) is 32.1 Å². The summed E-state index contributed by atoms with van der Waals surface area (Å²) in [6.45, 7) is 10.4. The zero-order valence-electron chi connectivity index (χ0n) is 13.2. The van der Waals surface area contributed by atoms with E-state index in [0.29, 0.717) is 12.8 Å².